The van der Waals surface area contributed by atoms with Crippen LogP contribution in [0, 0.1) is 0 Å². The number of benzene rings is 4. The molecule has 200 valence electrons. The summed E-state index contributed by atoms with van der Waals surface area (Å²) < 4.78 is 21.6. The normalized spacial score (nSPS) is 17.9. The fourth-order valence-corrected chi connectivity index (χ4v) is 4.98. The first-order chi connectivity index (χ1) is 19.0. The van der Waals surface area contributed by atoms with E-state index in [2.05, 4.69) is 0 Å². The number of aromatic hydroxyl groups is 4. The van der Waals surface area contributed by atoms with Gasteiger partial charge in [0.15, 0.2) is 23.0 Å². The van der Waals surface area contributed by atoms with E-state index in [0.29, 0.717) is 24.3 Å². The summed E-state index contributed by atoms with van der Waals surface area (Å²) in [6, 6.07) is 25.1. The number of ether oxygens (including phenoxy) is 4. The first kappa shape index (κ1) is 24.9. The molecule has 8 heteroatoms. The highest BCUT2D eigenvalue weighted by molar-refractivity contribution is 5.67. The first-order valence-corrected chi connectivity index (χ1v) is 12.7. The Balaban J connectivity index is 1.57. The highest BCUT2D eigenvalue weighted by Gasteiger charge is 2.41. The van der Waals surface area contributed by atoms with Gasteiger partial charge < -0.3 is 39.4 Å². The Labute approximate surface area is 225 Å². The highest BCUT2D eigenvalue weighted by Crippen LogP contribution is 2.52. The molecule has 4 N–H and O–H groups in total. The van der Waals surface area contributed by atoms with Gasteiger partial charge in [0.05, 0.1) is 18.6 Å². The molecule has 4 aromatic rings. The molecular weight excluding hydrogens is 500 g/mol. The number of rotatable bonds is 10. The Morgan fingerprint density at radius 2 is 0.897 bits per heavy atom. The lowest BCUT2D eigenvalue weighted by Crippen LogP contribution is -2.31. The molecule has 8 nitrogen and oxygen atoms in total. The monoisotopic (exact) mass is 528 g/mol. The zero-order valence-electron chi connectivity index (χ0n) is 21.0. The predicted octanol–water partition coefficient (Wildman–Crippen LogP) is 4.45. The number of epoxide rings is 2. The van der Waals surface area contributed by atoms with Gasteiger partial charge in [-0.25, -0.2) is 0 Å². The smallest absolute Gasteiger partial charge is 0.203 e. The van der Waals surface area contributed by atoms with Crippen molar-refractivity contribution < 1.29 is 39.4 Å². The van der Waals surface area contributed by atoms with Gasteiger partial charge in [0, 0.05) is 0 Å². The second kappa shape index (κ2) is 10.1. The lowest BCUT2D eigenvalue weighted by molar-refractivity contribution is 0.244. The van der Waals surface area contributed by atoms with Gasteiger partial charge in [-0.1, -0.05) is 60.7 Å². The quantitative estimate of drug-likeness (QED) is 0.176. The summed E-state index contributed by atoms with van der Waals surface area (Å²) in [5.41, 5.74) is 1.35. The standard InChI is InChI=1S/C31H28O8/c32-25-11-21(12-26(33)29(25)38-17-23-15-36-23)31(19-7-3-1-4-8-19,20-9-5-2-6-10-20)22-13-27(34)30(28(35)14-22)39-18-24-16-37-24/h1-14,23-24,32-35H,15-18H2. The second-order valence-corrected chi connectivity index (χ2v) is 9.70. The fourth-order valence-electron chi connectivity index (χ4n) is 4.98. The Hall–Kier alpha value is -4.40. The molecule has 2 heterocycles. The molecule has 2 aliphatic heterocycles. The summed E-state index contributed by atoms with van der Waals surface area (Å²) >= 11 is 0. The third kappa shape index (κ3) is 4.80. The van der Waals surface area contributed by atoms with Crippen LogP contribution in [0.5, 0.6) is 34.5 Å². The lowest BCUT2D eigenvalue weighted by Gasteiger charge is -2.37. The second-order valence-electron chi connectivity index (χ2n) is 9.70. The fraction of sp³-hybridized carbons (Fsp3) is 0.226. The molecule has 0 radical (unpaired) electrons. The molecule has 2 atom stereocenters. The van der Waals surface area contributed by atoms with E-state index in [1.54, 1.807) is 0 Å². The van der Waals surface area contributed by atoms with Crippen molar-refractivity contribution in [2.75, 3.05) is 26.4 Å². The zero-order chi connectivity index (χ0) is 27.0. The van der Waals surface area contributed by atoms with E-state index >= 15 is 0 Å². The maximum atomic E-state index is 11.0. The summed E-state index contributed by atoms with van der Waals surface area (Å²) in [6.07, 6.45) is -0.122. The van der Waals surface area contributed by atoms with Crippen LogP contribution in [0.1, 0.15) is 22.3 Å². The minimum Gasteiger partial charge on any atom is -0.504 e. The van der Waals surface area contributed by atoms with E-state index in [1.165, 1.54) is 24.3 Å². The Morgan fingerprint density at radius 1 is 0.564 bits per heavy atom. The van der Waals surface area contributed by atoms with E-state index in [0.717, 1.165) is 11.1 Å². The van der Waals surface area contributed by atoms with Gasteiger partial charge >= 0.3 is 0 Å². The van der Waals surface area contributed by atoms with Gasteiger partial charge in [-0.15, -0.1) is 0 Å². The maximum absolute atomic E-state index is 11.0. The average molecular weight is 529 g/mol. The average Bonchev–Trinajstić information content (AvgIpc) is 3.86. The van der Waals surface area contributed by atoms with Crippen LogP contribution in [0.2, 0.25) is 0 Å². The van der Waals surface area contributed by atoms with Crippen LogP contribution in [0.15, 0.2) is 84.9 Å². The zero-order valence-corrected chi connectivity index (χ0v) is 21.0. The van der Waals surface area contributed by atoms with Crippen LogP contribution in [0.3, 0.4) is 0 Å². The molecule has 6 rings (SSSR count). The van der Waals surface area contributed by atoms with E-state index in [-0.39, 0.29) is 59.9 Å². The summed E-state index contributed by atoms with van der Waals surface area (Å²) in [7, 11) is 0. The number of phenolic OH excluding ortho intramolecular Hbond substituents is 4. The van der Waals surface area contributed by atoms with E-state index in [1.807, 2.05) is 60.7 Å². The Kier molecular flexibility index (Phi) is 6.42. The van der Waals surface area contributed by atoms with Crippen LogP contribution >= 0.6 is 0 Å². The molecule has 2 aliphatic rings. The van der Waals surface area contributed by atoms with Crippen molar-refractivity contribution in [3.05, 3.63) is 107 Å². The van der Waals surface area contributed by atoms with Crippen LogP contribution in [0.25, 0.3) is 0 Å². The molecule has 4 aromatic carbocycles. The van der Waals surface area contributed by atoms with Crippen molar-refractivity contribution in [3.63, 3.8) is 0 Å². The molecule has 2 unspecified atom stereocenters. The number of phenols is 4. The van der Waals surface area contributed by atoms with Gasteiger partial charge in [0.1, 0.15) is 25.4 Å². The maximum Gasteiger partial charge on any atom is 0.203 e. The van der Waals surface area contributed by atoms with E-state index in [9.17, 15) is 20.4 Å². The van der Waals surface area contributed by atoms with Crippen molar-refractivity contribution in [3.8, 4) is 34.5 Å². The lowest BCUT2D eigenvalue weighted by atomic mass is 9.65. The summed E-state index contributed by atoms with van der Waals surface area (Å²) in [6.45, 7) is 1.56. The minimum atomic E-state index is -1.18. The van der Waals surface area contributed by atoms with E-state index in [4.69, 9.17) is 18.9 Å². The Bertz CT molecular complexity index is 1300. The third-order valence-electron chi connectivity index (χ3n) is 7.01. The molecular formula is C31H28O8. The third-order valence-corrected chi connectivity index (χ3v) is 7.01. The summed E-state index contributed by atoms with van der Waals surface area (Å²) in [4.78, 5) is 0. The van der Waals surface area contributed by atoms with Crippen molar-refractivity contribution in [1.29, 1.82) is 0 Å². The van der Waals surface area contributed by atoms with Crippen molar-refractivity contribution >= 4 is 0 Å². The molecule has 0 saturated carbocycles. The first-order valence-electron chi connectivity index (χ1n) is 12.7. The van der Waals surface area contributed by atoms with Crippen LogP contribution in [-0.2, 0) is 14.9 Å². The topological polar surface area (TPSA) is 124 Å². The molecule has 0 spiro atoms. The number of hydrogen-bond donors (Lipinski definition) is 4. The van der Waals surface area contributed by atoms with Crippen LogP contribution in [-0.4, -0.2) is 59.1 Å². The van der Waals surface area contributed by atoms with Gasteiger partial charge in [-0.3, -0.25) is 0 Å². The molecule has 0 aliphatic carbocycles. The van der Waals surface area contributed by atoms with E-state index < -0.39 is 5.41 Å². The molecule has 0 aromatic heterocycles. The minimum absolute atomic E-state index is 0.0407. The molecule has 2 fully saturated rings. The largest absolute Gasteiger partial charge is 0.504 e. The van der Waals surface area contributed by atoms with Gasteiger partial charge in [0.25, 0.3) is 0 Å². The summed E-state index contributed by atoms with van der Waals surface area (Å²) in [5.74, 6) is -1.08. The van der Waals surface area contributed by atoms with Crippen molar-refractivity contribution in [2.24, 2.45) is 0 Å². The molecule has 0 bridgehead atoms. The molecule has 2 saturated heterocycles. The molecule has 39 heavy (non-hydrogen) atoms. The van der Waals surface area contributed by atoms with Gasteiger partial charge in [-0.2, -0.15) is 0 Å². The Morgan fingerprint density at radius 3 is 1.21 bits per heavy atom. The summed E-state index contributed by atoms with van der Waals surface area (Å²) in [5, 5.41) is 44.1. The predicted molar refractivity (Wildman–Crippen MR) is 142 cm³/mol. The van der Waals surface area contributed by atoms with Crippen molar-refractivity contribution in [2.45, 2.75) is 17.6 Å². The highest BCUT2D eigenvalue weighted by atomic mass is 16.6. The van der Waals surface area contributed by atoms with Gasteiger partial charge in [-0.05, 0) is 46.5 Å². The molecule has 0 amide bonds. The van der Waals surface area contributed by atoms with Crippen molar-refractivity contribution in [1.82, 2.24) is 0 Å². The van der Waals surface area contributed by atoms with Crippen LogP contribution in [0.4, 0.5) is 0 Å². The van der Waals surface area contributed by atoms with Crippen LogP contribution < -0.4 is 9.47 Å². The number of hydrogen-bond acceptors (Lipinski definition) is 8. The van der Waals surface area contributed by atoms with Gasteiger partial charge in [0.2, 0.25) is 11.5 Å². The SMILES string of the molecule is Oc1cc(C(c2ccccc2)(c2ccccc2)c2cc(O)c(OCC3CO3)c(O)c2)cc(O)c1OCC1CO1.